The summed E-state index contributed by atoms with van der Waals surface area (Å²) < 4.78 is 5.36. The first-order chi connectivity index (χ1) is 14.2. The Morgan fingerprint density at radius 2 is 1.86 bits per heavy atom. The molecule has 0 radical (unpaired) electrons. The van der Waals surface area contributed by atoms with Gasteiger partial charge in [-0.05, 0) is 75.4 Å². The number of aliphatic hydroxyl groups is 1. The van der Waals surface area contributed by atoms with Gasteiger partial charge in [0.1, 0.15) is 11.5 Å². The molecule has 1 aromatic carbocycles. The number of aliphatic hydroxyl groups excluding tert-OH is 1. The molecule has 1 saturated carbocycles. The molecule has 3 N–H and O–H groups in total. The normalized spacial score (nSPS) is 21.1. The third-order valence-electron chi connectivity index (χ3n) is 7.12. The lowest BCUT2D eigenvalue weighted by Crippen LogP contribution is -2.36. The Bertz CT molecular complexity index is 704. The van der Waals surface area contributed by atoms with Gasteiger partial charge in [-0.25, -0.2) is 0 Å². The second kappa shape index (κ2) is 9.75. The lowest BCUT2D eigenvalue weighted by atomic mass is 9.92. The molecular formula is C24H37N3O2. The van der Waals surface area contributed by atoms with Gasteiger partial charge in [0.25, 0.3) is 0 Å². The number of piperidine rings is 1. The Balaban J connectivity index is 1.22. The van der Waals surface area contributed by atoms with Crippen LogP contribution in [0.25, 0.3) is 5.70 Å². The van der Waals surface area contributed by atoms with Gasteiger partial charge in [-0.15, -0.1) is 0 Å². The highest BCUT2D eigenvalue weighted by atomic mass is 16.5. The van der Waals surface area contributed by atoms with Gasteiger partial charge in [0.2, 0.25) is 0 Å². The summed E-state index contributed by atoms with van der Waals surface area (Å²) in [5.74, 6) is 2.99. The summed E-state index contributed by atoms with van der Waals surface area (Å²) in [6.07, 6.45) is 11.0. The van der Waals surface area contributed by atoms with Crippen molar-refractivity contribution in [2.75, 3.05) is 45.2 Å². The van der Waals surface area contributed by atoms with E-state index in [1.165, 1.54) is 71.0 Å². The maximum atomic E-state index is 10.4. The van der Waals surface area contributed by atoms with Crippen molar-refractivity contribution in [1.82, 2.24) is 10.2 Å². The molecule has 5 nitrogen and oxygen atoms in total. The highest BCUT2D eigenvalue weighted by Crippen LogP contribution is 2.32. The fourth-order valence-corrected chi connectivity index (χ4v) is 5.20. The molecule has 0 amide bonds. The molecule has 1 saturated heterocycles. The van der Waals surface area contributed by atoms with Gasteiger partial charge in [0.05, 0.1) is 19.4 Å². The summed E-state index contributed by atoms with van der Waals surface area (Å²) in [6, 6.07) is 5.96. The van der Waals surface area contributed by atoms with Gasteiger partial charge in [0.15, 0.2) is 0 Å². The smallest absolute Gasteiger partial charge is 0.135 e. The number of rotatable bonds is 8. The molecule has 0 aromatic heterocycles. The average molecular weight is 400 g/mol. The third kappa shape index (κ3) is 5.19. The Morgan fingerprint density at radius 1 is 1.10 bits per heavy atom. The van der Waals surface area contributed by atoms with Crippen molar-refractivity contribution >= 4 is 11.4 Å². The quantitative estimate of drug-likeness (QED) is 0.595. The third-order valence-corrected chi connectivity index (χ3v) is 7.12. The maximum absolute atomic E-state index is 10.4. The van der Waals surface area contributed by atoms with Crippen molar-refractivity contribution < 1.29 is 9.84 Å². The molecule has 4 rings (SSSR count). The van der Waals surface area contributed by atoms with E-state index in [0.29, 0.717) is 12.3 Å². The fourth-order valence-electron chi connectivity index (χ4n) is 5.20. The predicted octanol–water partition coefficient (Wildman–Crippen LogP) is 4.62. The van der Waals surface area contributed by atoms with Gasteiger partial charge in [-0.2, -0.15) is 0 Å². The predicted molar refractivity (Wildman–Crippen MR) is 119 cm³/mol. The Hall–Kier alpha value is -1.88. The Labute approximate surface area is 175 Å². The van der Waals surface area contributed by atoms with Gasteiger partial charge in [-0.3, -0.25) is 0 Å². The van der Waals surface area contributed by atoms with Crippen LogP contribution < -0.4 is 15.4 Å². The summed E-state index contributed by atoms with van der Waals surface area (Å²) in [6.45, 7) is 5.20. The first-order valence-electron chi connectivity index (χ1n) is 11.5. The van der Waals surface area contributed by atoms with E-state index in [0.717, 1.165) is 41.1 Å². The minimum atomic E-state index is 0.382. The van der Waals surface area contributed by atoms with E-state index in [4.69, 9.17) is 4.74 Å². The van der Waals surface area contributed by atoms with Crippen LogP contribution in [0, 0.1) is 11.8 Å². The van der Waals surface area contributed by atoms with E-state index in [9.17, 15) is 5.11 Å². The van der Waals surface area contributed by atoms with Crippen molar-refractivity contribution in [1.29, 1.82) is 0 Å². The molecule has 2 aliphatic heterocycles. The van der Waals surface area contributed by atoms with E-state index in [2.05, 4.69) is 15.5 Å². The highest BCUT2D eigenvalue weighted by molar-refractivity contribution is 5.80. The van der Waals surface area contributed by atoms with Crippen molar-refractivity contribution in [3.8, 4) is 5.75 Å². The van der Waals surface area contributed by atoms with Crippen LogP contribution in [0.15, 0.2) is 24.0 Å². The number of methoxy groups -OCH3 is 1. The number of anilines is 1. The largest absolute Gasteiger partial charge is 0.508 e. The number of nitrogens with zero attached hydrogens (tertiary/aromatic N) is 1. The molecule has 0 bridgehead atoms. The minimum absolute atomic E-state index is 0.382. The SMILES string of the molecule is COc1ccc2c(c1)C(NCCC1CCN(CCC3CCCC3)CC1)=C(O)CN2. The molecule has 160 valence electrons. The van der Waals surface area contributed by atoms with Gasteiger partial charge in [-0.1, -0.05) is 25.7 Å². The fraction of sp³-hybridized carbons (Fsp3) is 0.667. The van der Waals surface area contributed by atoms with E-state index in [1.54, 1.807) is 7.11 Å². The van der Waals surface area contributed by atoms with Crippen molar-refractivity contribution in [2.45, 2.75) is 51.4 Å². The zero-order valence-electron chi connectivity index (χ0n) is 17.9. The molecule has 1 aromatic rings. The molecule has 2 heterocycles. The second-order valence-electron chi connectivity index (χ2n) is 9.03. The van der Waals surface area contributed by atoms with Crippen molar-refractivity contribution in [2.24, 2.45) is 11.8 Å². The number of hydrogen-bond donors (Lipinski definition) is 3. The van der Waals surface area contributed by atoms with Crippen LogP contribution in [-0.2, 0) is 0 Å². The molecule has 29 heavy (non-hydrogen) atoms. The molecule has 3 aliphatic rings. The van der Waals surface area contributed by atoms with E-state index in [1.807, 2.05) is 18.2 Å². The Morgan fingerprint density at radius 3 is 2.62 bits per heavy atom. The minimum Gasteiger partial charge on any atom is -0.508 e. The topological polar surface area (TPSA) is 56.8 Å². The lowest BCUT2D eigenvalue weighted by Gasteiger charge is -2.33. The van der Waals surface area contributed by atoms with Crippen LogP contribution in [0.1, 0.15) is 56.9 Å². The van der Waals surface area contributed by atoms with E-state index in [-0.39, 0.29) is 0 Å². The summed E-state index contributed by atoms with van der Waals surface area (Å²) in [5.41, 5.74) is 2.89. The zero-order chi connectivity index (χ0) is 20.1. The summed E-state index contributed by atoms with van der Waals surface area (Å²) in [7, 11) is 1.68. The highest BCUT2D eigenvalue weighted by Gasteiger charge is 2.22. The number of nitrogens with one attached hydrogen (secondary N) is 2. The van der Waals surface area contributed by atoms with E-state index >= 15 is 0 Å². The first-order valence-corrected chi connectivity index (χ1v) is 11.5. The van der Waals surface area contributed by atoms with Crippen LogP contribution >= 0.6 is 0 Å². The van der Waals surface area contributed by atoms with Crippen LogP contribution in [0.2, 0.25) is 0 Å². The molecule has 0 unspecified atom stereocenters. The van der Waals surface area contributed by atoms with E-state index < -0.39 is 0 Å². The second-order valence-corrected chi connectivity index (χ2v) is 9.03. The van der Waals surface area contributed by atoms with Gasteiger partial charge in [0, 0.05) is 17.8 Å². The molecule has 0 atom stereocenters. The van der Waals surface area contributed by atoms with Crippen LogP contribution in [0.5, 0.6) is 5.75 Å². The molecule has 0 spiro atoms. The summed E-state index contributed by atoms with van der Waals surface area (Å²) in [4.78, 5) is 2.69. The standard InChI is InChI=1S/C24H37N3O2/c1-29-20-6-7-22-21(16-20)24(23(28)17-26-22)25-12-8-19-10-14-27(15-11-19)13-9-18-4-2-3-5-18/h6-7,16,18-19,25-26,28H,2-5,8-15,17H2,1H3. The Kier molecular flexibility index (Phi) is 6.86. The molecule has 1 aliphatic carbocycles. The molecule has 2 fully saturated rings. The van der Waals surface area contributed by atoms with Crippen LogP contribution in [0.4, 0.5) is 5.69 Å². The van der Waals surface area contributed by atoms with Crippen molar-refractivity contribution in [3.63, 3.8) is 0 Å². The van der Waals surface area contributed by atoms with Crippen LogP contribution in [-0.4, -0.2) is 49.8 Å². The molecular weight excluding hydrogens is 362 g/mol. The first kappa shape index (κ1) is 20.4. The van der Waals surface area contributed by atoms with Gasteiger partial charge >= 0.3 is 0 Å². The number of fused-ring (bicyclic) bond motifs is 1. The van der Waals surface area contributed by atoms with Crippen LogP contribution in [0.3, 0.4) is 0 Å². The number of hydrogen-bond acceptors (Lipinski definition) is 5. The van der Waals surface area contributed by atoms with Gasteiger partial charge < -0.3 is 25.4 Å². The maximum Gasteiger partial charge on any atom is 0.135 e. The monoisotopic (exact) mass is 399 g/mol. The number of likely N-dealkylation sites (tertiary alicyclic amines) is 1. The average Bonchev–Trinajstić information content (AvgIpc) is 3.28. The van der Waals surface area contributed by atoms with Crippen molar-refractivity contribution in [3.05, 3.63) is 29.5 Å². The number of ether oxygens (including phenoxy) is 1. The lowest BCUT2D eigenvalue weighted by molar-refractivity contribution is 0.170. The summed E-state index contributed by atoms with van der Waals surface area (Å²) >= 11 is 0. The molecule has 5 heteroatoms. The summed E-state index contributed by atoms with van der Waals surface area (Å²) in [5, 5.41) is 17.2. The number of benzene rings is 1. The zero-order valence-corrected chi connectivity index (χ0v) is 17.9.